The number of hydrogen-bond acceptors (Lipinski definition) is 4. The van der Waals surface area contributed by atoms with Crippen molar-refractivity contribution in [3.8, 4) is 0 Å². The first-order chi connectivity index (χ1) is 21.9. The van der Waals surface area contributed by atoms with Crippen LogP contribution in [0.4, 0.5) is 5.69 Å². The van der Waals surface area contributed by atoms with Crippen LogP contribution in [0.15, 0.2) is 102 Å². The van der Waals surface area contributed by atoms with Gasteiger partial charge in [-0.15, -0.1) is 0 Å². The average Bonchev–Trinajstić information content (AvgIpc) is 3.03. The van der Waals surface area contributed by atoms with E-state index in [0.29, 0.717) is 27.7 Å². The van der Waals surface area contributed by atoms with E-state index in [2.05, 4.69) is 5.32 Å². The Morgan fingerprint density at radius 1 is 0.804 bits per heavy atom. The van der Waals surface area contributed by atoms with E-state index in [1.54, 1.807) is 54.6 Å². The summed E-state index contributed by atoms with van der Waals surface area (Å²) in [6, 6.07) is 26.6. The quantitative estimate of drug-likeness (QED) is 0.160. The van der Waals surface area contributed by atoms with E-state index in [9.17, 15) is 18.0 Å². The summed E-state index contributed by atoms with van der Waals surface area (Å²) in [6.45, 7) is 6.93. The number of nitrogens with one attached hydrogen (secondary N) is 1. The number of hydrogen-bond donors (Lipinski definition) is 1. The van der Waals surface area contributed by atoms with Crippen molar-refractivity contribution in [3.05, 3.63) is 129 Å². The maximum Gasteiger partial charge on any atom is 0.264 e. The third kappa shape index (κ3) is 8.69. The first kappa shape index (κ1) is 35.0. The Kier molecular flexibility index (Phi) is 11.9. The number of halogens is 2. The van der Waals surface area contributed by atoms with E-state index in [1.807, 2.05) is 58.0 Å². The monoisotopic (exact) mass is 679 g/mol. The molecule has 0 aliphatic carbocycles. The number of aryl methyl sites for hydroxylation is 2. The van der Waals surface area contributed by atoms with Gasteiger partial charge >= 0.3 is 0 Å². The average molecular weight is 681 g/mol. The molecular weight excluding hydrogens is 641 g/mol. The molecule has 7 nitrogen and oxygen atoms in total. The van der Waals surface area contributed by atoms with Gasteiger partial charge in [-0.25, -0.2) is 8.42 Å². The van der Waals surface area contributed by atoms with Gasteiger partial charge in [-0.3, -0.25) is 13.9 Å². The lowest BCUT2D eigenvalue weighted by Crippen LogP contribution is -2.54. The van der Waals surface area contributed by atoms with E-state index < -0.39 is 28.5 Å². The van der Waals surface area contributed by atoms with Crippen LogP contribution in [0, 0.1) is 13.8 Å². The van der Waals surface area contributed by atoms with Crippen molar-refractivity contribution in [1.29, 1.82) is 0 Å². The molecule has 4 aromatic rings. The van der Waals surface area contributed by atoms with Gasteiger partial charge in [0.15, 0.2) is 0 Å². The summed E-state index contributed by atoms with van der Waals surface area (Å²) < 4.78 is 29.4. The minimum Gasteiger partial charge on any atom is -0.352 e. The molecule has 4 rings (SSSR count). The van der Waals surface area contributed by atoms with Gasteiger partial charge in [0.2, 0.25) is 11.8 Å². The van der Waals surface area contributed by atoms with Gasteiger partial charge in [0.05, 0.1) is 10.6 Å². The second-order valence-corrected chi connectivity index (χ2v) is 14.1. The fourth-order valence-electron chi connectivity index (χ4n) is 4.93. The fourth-order valence-corrected chi connectivity index (χ4v) is 6.86. The van der Waals surface area contributed by atoms with Crippen LogP contribution in [-0.4, -0.2) is 43.8 Å². The van der Waals surface area contributed by atoms with Crippen LogP contribution in [0.1, 0.15) is 42.5 Å². The highest BCUT2D eigenvalue weighted by molar-refractivity contribution is 7.92. The van der Waals surface area contributed by atoms with Gasteiger partial charge in [0.1, 0.15) is 12.6 Å². The van der Waals surface area contributed by atoms with Crippen LogP contribution in [0.5, 0.6) is 0 Å². The number of carbonyl (C=O) groups excluding carboxylic acids is 2. The normalized spacial score (nSPS) is 12.7. The predicted octanol–water partition coefficient (Wildman–Crippen LogP) is 7.36. The Labute approximate surface area is 282 Å². The van der Waals surface area contributed by atoms with E-state index in [0.717, 1.165) is 21.0 Å². The highest BCUT2D eigenvalue weighted by Crippen LogP contribution is 2.29. The topological polar surface area (TPSA) is 86.8 Å². The maximum absolute atomic E-state index is 14.6. The summed E-state index contributed by atoms with van der Waals surface area (Å²) in [5.74, 6) is -0.953. The molecule has 0 bridgehead atoms. The number of carbonyl (C=O) groups is 2. The Morgan fingerprint density at radius 3 is 1.93 bits per heavy atom. The van der Waals surface area contributed by atoms with E-state index >= 15 is 0 Å². The number of anilines is 1. The molecule has 0 radical (unpaired) electrons. The van der Waals surface area contributed by atoms with Gasteiger partial charge in [-0.05, 0) is 69.2 Å². The molecule has 242 valence electrons. The van der Waals surface area contributed by atoms with Crippen molar-refractivity contribution in [3.63, 3.8) is 0 Å². The van der Waals surface area contributed by atoms with Gasteiger partial charge < -0.3 is 10.2 Å². The summed E-state index contributed by atoms with van der Waals surface area (Å²) in [5, 5.41) is 3.68. The molecule has 0 fully saturated rings. The highest BCUT2D eigenvalue weighted by Gasteiger charge is 2.35. The molecule has 0 aliphatic heterocycles. The van der Waals surface area contributed by atoms with Crippen LogP contribution < -0.4 is 9.62 Å². The Balaban J connectivity index is 1.84. The third-order valence-corrected chi connectivity index (χ3v) is 10.4. The van der Waals surface area contributed by atoms with Gasteiger partial charge in [0, 0.05) is 34.6 Å². The molecule has 0 aromatic heterocycles. The minimum absolute atomic E-state index is 0.0440. The molecule has 0 spiro atoms. The van der Waals surface area contributed by atoms with Crippen molar-refractivity contribution in [1.82, 2.24) is 10.2 Å². The first-order valence-electron chi connectivity index (χ1n) is 15.1. The lowest BCUT2D eigenvalue weighted by molar-refractivity contribution is -0.140. The van der Waals surface area contributed by atoms with Crippen LogP contribution in [0.2, 0.25) is 10.0 Å². The molecule has 2 atom stereocenters. The van der Waals surface area contributed by atoms with Gasteiger partial charge in [0.25, 0.3) is 10.0 Å². The summed E-state index contributed by atoms with van der Waals surface area (Å²) in [5.41, 5.74) is 3.44. The largest absolute Gasteiger partial charge is 0.352 e. The van der Waals surface area contributed by atoms with Crippen molar-refractivity contribution < 1.29 is 18.0 Å². The minimum atomic E-state index is -4.20. The molecule has 0 saturated heterocycles. The standard InChI is InChI=1S/C36H39Cl2N3O4S/c1-5-27(4)39-36(43)34(22-28-10-7-6-8-11-28)40(23-31-32(37)12-9-13-33(31)38)35(42)24-41(29-18-14-25(2)15-19-29)46(44,45)30-20-16-26(3)17-21-30/h6-21,27,34H,5,22-24H2,1-4H3,(H,39,43)/t27-,34-/m1/s1. The molecule has 0 saturated carbocycles. The van der Waals surface area contributed by atoms with Crippen molar-refractivity contribution in [2.24, 2.45) is 0 Å². The maximum atomic E-state index is 14.6. The summed E-state index contributed by atoms with van der Waals surface area (Å²) in [4.78, 5) is 30.0. The zero-order chi connectivity index (χ0) is 33.4. The summed E-state index contributed by atoms with van der Waals surface area (Å²) in [6.07, 6.45) is 0.871. The number of sulfonamides is 1. The third-order valence-electron chi connectivity index (χ3n) is 7.87. The molecule has 2 amide bonds. The molecular formula is C36H39Cl2N3O4S. The predicted molar refractivity (Wildman–Crippen MR) is 186 cm³/mol. The van der Waals surface area contributed by atoms with Gasteiger partial charge in [-0.1, -0.05) is 102 Å². The van der Waals surface area contributed by atoms with Gasteiger partial charge in [-0.2, -0.15) is 0 Å². The van der Waals surface area contributed by atoms with Crippen LogP contribution in [0.3, 0.4) is 0 Å². The number of amides is 2. The highest BCUT2D eigenvalue weighted by atomic mass is 35.5. The van der Waals surface area contributed by atoms with Crippen molar-refractivity contribution in [2.75, 3.05) is 10.8 Å². The smallest absolute Gasteiger partial charge is 0.264 e. The summed E-state index contributed by atoms with van der Waals surface area (Å²) >= 11 is 13.2. The zero-order valence-electron chi connectivity index (χ0n) is 26.4. The Bertz CT molecular complexity index is 1730. The van der Waals surface area contributed by atoms with Crippen LogP contribution in [-0.2, 0) is 32.6 Å². The Morgan fingerprint density at radius 2 is 1.37 bits per heavy atom. The number of rotatable bonds is 13. The van der Waals surface area contributed by atoms with E-state index in [4.69, 9.17) is 23.2 Å². The SMILES string of the molecule is CC[C@@H](C)NC(=O)[C@@H](Cc1ccccc1)N(Cc1c(Cl)cccc1Cl)C(=O)CN(c1ccc(C)cc1)S(=O)(=O)c1ccc(C)cc1. The van der Waals surface area contributed by atoms with Crippen molar-refractivity contribution >= 4 is 50.7 Å². The van der Waals surface area contributed by atoms with Crippen LogP contribution >= 0.6 is 23.2 Å². The molecule has 10 heteroatoms. The van der Waals surface area contributed by atoms with Crippen molar-refractivity contribution in [2.45, 2.75) is 64.1 Å². The first-order valence-corrected chi connectivity index (χ1v) is 17.3. The molecule has 0 aliphatic rings. The number of nitrogens with zero attached hydrogens (tertiary/aromatic N) is 2. The molecule has 0 unspecified atom stereocenters. The second kappa shape index (κ2) is 15.6. The zero-order valence-corrected chi connectivity index (χ0v) is 28.7. The molecule has 46 heavy (non-hydrogen) atoms. The Hall–Kier alpha value is -3.85. The molecule has 4 aromatic carbocycles. The lowest BCUT2D eigenvalue weighted by atomic mass is 10.0. The molecule has 1 N–H and O–H groups in total. The van der Waals surface area contributed by atoms with E-state index in [-0.39, 0.29) is 29.8 Å². The second-order valence-electron chi connectivity index (χ2n) is 11.4. The number of benzene rings is 4. The molecule has 0 heterocycles. The lowest BCUT2D eigenvalue weighted by Gasteiger charge is -2.34. The fraction of sp³-hybridized carbons (Fsp3) is 0.278. The van der Waals surface area contributed by atoms with Crippen LogP contribution in [0.25, 0.3) is 0 Å². The summed E-state index contributed by atoms with van der Waals surface area (Å²) in [7, 11) is -4.20. The van der Waals surface area contributed by atoms with E-state index in [1.165, 1.54) is 17.0 Å².